The number of amides is 2. The number of phenols is 2. The Bertz CT molecular complexity index is 958. The van der Waals surface area contributed by atoms with Gasteiger partial charge in [0.1, 0.15) is 16.0 Å². The van der Waals surface area contributed by atoms with Crippen LogP contribution in [0.4, 0.5) is 4.79 Å². The third kappa shape index (κ3) is 3.67. The number of imide groups is 1. The Hall–Kier alpha value is -1.77. The van der Waals surface area contributed by atoms with Crippen molar-refractivity contribution in [1.82, 2.24) is 4.90 Å². The van der Waals surface area contributed by atoms with Gasteiger partial charge in [-0.3, -0.25) is 14.5 Å². The van der Waals surface area contributed by atoms with Crippen molar-refractivity contribution in [3.63, 3.8) is 0 Å². The van der Waals surface area contributed by atoms with Crippen LogP contribution in [0, 0.1) is 6.92 Å². The smallest absolute Gasteiger partial charge is 0.293 e. The lowest BCUT2D eigenvalue weighted by Gasteiger charge is -2.12. The highest BCUT2D eigenvalue weighted by atomic mass is 79.9. The number of halogens is 2. The fourth-order valence-corrected chi connectivity index (χ4v) is 4.48. The van der Waals surface area contributed by atoms with Crippen molar-refractivity contribution in [3.8, 4) is 11.5 Å². The molecule has 1 saturated heterocycles. The zero-order valence-electron chi connectivity index (χ0n) is 13.5. The molecule has 1 aliphatic heterocycles. The van der Waals surface area contributed by atoms with E-state index in [4.69, 9.17) is 0 Å². The Morgan fingerprint density at radius 3 is 2.58 bits per heavy atom. The van der Waals surface area contributed by atoms with Gasteiger partial charge in [0.05, 0.1) is 15.9 Å². The number of carbonyl (C=O) groups is 2. The average molecular weight is 499 g/mol. The zero-order valence-corrected chi connectivity index (χ0v) is 17.5. The molecule has 26 heavy (non-hydrogen) atoms. The van der Waals surface area contributed by atoms with E-state index in [1.165, 1.54) is 17.0 Å². The first-order chi connectivity index (χ1) is 12.3. The number of nitrogens with zero attached hydrogens (tertiary/aromatic N) is 1. The van der Waals surface area contributed by atoms with Crippen molar-refractivity contribution in [2.45, 2.75) is 13.5 Å². The van der Waals surface area contributed by atoms with E-state index in [2.05, 4.69) is 31.9 Å². The summed E-state index contributed by atoms with van der Waals surface area (Å²) in [6, 6.07) is 9.08. The predicted molar refractivity (Wildman–Crippen MR) is 108 cm³/mol. The molecule has 0 unspecified atom stereocenters. The second-order valence-electron chi connectivity index (χ2n) is 5.72. The Kier molecular flexibility index (Phi) is 5.45. The molecule has 0 aromatic heterocycles. The lowest BCUT2D eigenvalue weighted by atomic mass is 10.1. The van der Waals surface area contributed by atoms with Crippen LogP contribution >= 0.6 is 43.6 Å². The van der Waals surface area contributed by atoms with Gasteiger partial charge < -0.3 is 10.2 Å². The Morgan fingerprint density at radius 1 is 1.15 bits per heavy atom. The van der Waals surface area contributed by atoms with E-state index in [9.17, 15) is 19.8 Å². The third-order valence-electron chi connectivity index (χ3n) is 3.78. The van der Waals surface area contributed by atoms with Gasteiger partial charge in [-0.25, -0.2) is 0 Å². The van der Waals surface area contributed by atoms with Gasteiger partial charge in [0.15, 0.2) is 0 Å². The van der Waals surface area contributed by atoms with Crippen molar-refractivity contribution in [2.24, 2.45) is 0 Å². The van der Waals surface area contributed by atoms with E-state index in [1.807, 2.05) is 31.2 Å². The highest BCUT2D eigenvalue weighted by Gasteiger charge is 2.35. The molecule has 2 N–H and O–H groups in total. The fourth-order valence-electron chi connectivity index (χ4n) is 2.50. The number of hydrogen-bond acceptors (Lipinski definition) is 5. The first-order valence-electron chi connectivity index (χ1n) is 7.48. The minimum atomic E-state index is -0.416. The number of aryl methyl sites for hydroxylation is 1. The summed E-state index contributed by atoms with van der Waals surface area (Å²) in [5, 5.41) is 19.6. The number of rotatable bonds is 3. The zero-order chi connectivity index (χ0) is 19.0. The summed E-state index contributed by atoms with van der Waals surface area (Å²) < 4.78 is 0.463. The Morgan fingerprint density at radius 2 is 1.88 bits per heavy atom. The molecule has 5 nitrogen and oxygen atoms in total. The maximum Gasteiger partial charge on any atom is 0.293 e. The second kappa shape index (κ2) is 7.46. The highest BCUT2D eigenvalue weighted by Crippen LogP contribution is 2.43. The average Bonchev–Trinajstić information content (AvgIpc) is 2.85. The van der Waals surface area contributed by atoms with Crippen LogP contribution in [0.25, 0.3) is 6.08 Å². The number of carbonyl (C=O) groups excluding carboxylic acids is 2. The maximum atomic E-state index is 12.6. The molecule has 1 fully saturated rings. The fraction of sp³-hybridized carbons (Fsp3) is 0.111. The molecule has 0 bridgehead atoms. The topological polar surface area (TPSA) is 77.8 Å². The van der Waals surface area contributed by atoms with E-state index < -0.39 is 5.91 Å². The lowest BCUT2D eigenvalue weighted by molar-refractivity contribution is -0.123. The highest BCUT2D eigenvalue weighted by molar-refractivity contribution is 9.11. The quantitative estimate of drug-likeness (QED) is 0.571. The summed E-state index contributed by atoms with van der Waals surface area (Å²) in [5.41, 5.74) is 2.22. The number of phenolic OH excluding ortho intramolecular Hbond substituents is 2. The Labute approximate surface area is 171 Å². The molecule has 8 heteroatoms. The van der Waals surface area contributed by atoms with E-state index in [-0.39, 0.29) is 32.7 Å². The molecule has 2 aromatic rings. The minimum absolute atomic E-state index is 0.108. The minimum Gasteiger partial charge on any atom is -0.506 e. The van der Waals surface area contributed by atoms with E-state index in [0.717, 1.165) is 22.9 Å². The van der Waals surface area contributed by atoms with Crippen LogP contribution < -0.4 is 0 Å². The van der Waals surface area contributed by atoms with Crippen molar-refractivity contribution in [1.29, 1.82) is 0 Å². The largest absolute Gasteiger partial charge is 0.506 e. The van der Waals surface area contributed by atoms with Gasteiger partial charge >= 0.3 is 0 Å². The molecule has 0 spiro atoms. The molecule has 134 valence electrons. The Balaban J connectivity index is 1.91. The maximum absolute atomic E-state index is 12.6. The van der Waals surface area contributed by atoms with Crippen LogP contribution in [0.3, 0.4) is 0 Å². The molecule has 0 radical (unpaired) electrons. The van der Waals surface area contributed by atoms with Gasteiger partial charge in [0.2, 0.25) is 0 Å². The van der Waals surface area contributed by atoms with Crippen molar-refractivity contribution in [3.05, 3.63) is 60.9 Å². The summed E-state index contributed by atoms with van der Waals surface area (Å²) >= 11 is 7.09. The monoisotopic (exact) mass is 497 g/mol. The van der Waals surface area contributed by atoms with Gasteiger partial charge in [-0.1, -0.05) is 29.8 Å². The molecule has 2 amide bonds. The van der Waals surface area contributed by atoms with E-state index in [1.54, 1.807) is 0 Å². The summed E-state index contributed by atoms with van der Waals surface area (Å²) in [5.74, 6) is -0.774. The molecule has 0 aliphatic carbocycles. The number of thioether (sulfide) groups is 1. The molecular formula is C18H13Br2NO4S. The number of benzene rings is 2. The normalized spacial score (nSPS) is 16.0. The van der Waals surface area contributed by atoms with Gasteiger partial charge in [-0.15, -0.1) is 0 Å². The van der Waals surface area contributed by atoms with Crippen LogP contribution in [-0.4, -0.2) is 26.3 Å². The summed E-state index contributed by atoms with van der Waals surface area (Å²) in [4.78, 5) is 26.3. The third-order valence-corrected chi connectivity index (χ3v) is 6.04. The van der Waals surface area contributed by atoms with Crippen LogP contribution in [0.1, 0.15) is 16.7 Å². The predicted octanol–water partition coefficient (Wildman–Crippen LogP) is 5.17. The van der Waals surface area contributed by atoms with Crippen LogP contribution in [0.5, 0.6) is 11.5 Å². The van der Waals surface area contributed by atoms with Gasteiger partial charge in [0.25, 0.3) is 11.1 Å². The van der Waals surface area contributed by atoms with Crippen molar-refractivity contribution >= 4 is 60.8 Å². The molecule has 1 heterocycles. The van der Waals surface area contributed by atoms with Crippen LogP contribution in [-0.2, 0) is 11.3 Å². The van der Waals surface area contributed by atoms with E-state index >= 15 is 0 Å². The van der Waals surface area contributed by atoms with Crippen LogP contribution in [0.15, 0.2) is 44.2 Å². The van der Waals surface area contributed by atoms with Gasteiger partial charge in [-0.2, -0.15) is 0 Å². The molecule has 0 saturated carbocycles. The summed E-state index contributed by atoms with van der Waals surface area (Å²) in [7, 11) is 0. The molecule has 3 rings (SSSR count). The second-order valence-corrected chi connectivity index (χ2v) is 8.36. The number of aromatic hydroxyl groups is 2. The van der Waals surface area contributed by atoms with Gasteiger partial charge in [-0.05, 0) is 68.3 Å². The van der Waals surface area contributed by atoms with Crippen LogP contribution in [0.2, 0.25) is 0 Å². The van der Waals surface area contributed by atoms with E-state index in [0.29, 0.717) is 10.0 Å². The molecule has 0 atom stereocenters. The standard InChI is InChI=1S/C18H13Br2NO4S/c1-9-3-2-4-10(5-9)8-21-17(24)13(26-18(21)25)7-11-6-12(19)16(23)14(20)15(11)22/h2-7,22-23H,8H2,1H3/b13-7-. The van der Waals surface area contributed by atoms with Crippen molar-refractivity contribution < 1.29 is 19.8 Å². The SMILES string of the molecule is Cc1cccc(CN2C(=O)S/C(=C\c3cc(Br)c(O)c(Br)c3O)C2=O)c1. The van der Waals surface area contributed by atoms with Gasteiger partial charge in [0, 0.05) is 5.56 Å². The molecule has 1 aliphatic rings. The lowest BCUT2D eigenvalue weighted by Crippen LogP contribution is -2.27. The molecular weight excluding hydrogens is 486 g/mol. The first kappa shape index (κ1) is 19.0. The first-order valence-corrected chi connectivity index (χ1v) is 9.89. The summed E-state index contributed by atoms with van der Waals surface area (Å²) in [6.45, 7) is 2.14. The van der Waals surface area contributed by atoms with Crippen molar-refractivity contribution in [2.75, 3.05) is 0 Å². The summed E-state index contributed by atoms with van der Waals surface area (Å²) in [6.07, 6.45) is 1.44. The molecule has 2 aromatic carbocycles. The number of hydrogen-bond donors (Lipinski definition) is 2.